The van der Waals surface area contributed by atoms with E-state index >= 15 is 0 Å². The Labute approximate surface area is 381 Å². The van der Waals surface area contributed by atoms with Crippen molar-refractivity contribution in [2.45, 2.75) is 0 Å². The van der Waals surface area contributed by atoms with E-state index in [0.717, 1.165) is 67.4 Å². The fraction of sp³-hybridized carbons (Fsp3) is 0. The molecular formula is C61H41N5. The summed E-state index contributed by atoms with van der Waals surface area (Å²) in [6, 6.07) is 89.2. The maximum atomic E-state index is 5.36. The van der Waals surface area contributed by atoms with Crippen molar-refractivity contribution in [3.05, 3.63) is 249 Å². The number of anilines is 3. The smallest absolute Gasteiger partial charge is 0.220 e. The van der Waals surface area contributed by atoms with Crippen molar-refractivity contribution in [1.82, 2.24) is 18.5 Å². The van der Waals surface area contributed by atoms with Crippen molar-refractivity contribution >= 4 is 66.7 Å². The highest BCUT2D eigenvalue weighted by Crippen LogP contribution is 2.39. The van der Waals surface area contributed by atoms with Crippen LogP contribution in [0.5, 0.6) is 0 Å². The lowest BCUT2D eigenvalue weighted by atomic mass is 10.0. The Morgan fingerprint density at radius 2 is 0.682 bits per heavy atom. The maximum absolute atomic E-state index is 5.36. The molecule has 10 aromatic carbocycles. The minimum atomic E-state index is 0.886. The van der Waals surface area contributed by atoms with Gasteiger partial charge in [0.05, 0.1) is 33.1 Å². The standard InChI is InChI=1S/C61H41N5/c1-3-13-42(14-4-1)44-23-31-48(32-24-44)63(49-33-25-45(26-34-49)43-15-5-2-6-16-43)50-35-27-46(28-36-50)47-29-37-51(38-30-47)65-59-21-11-12-22-60(59)66-58-40-39-52(41-55(58)62-61(65)66)64-56-19-9-7-17-53(56)54-18-8-10-20-57(54)64/h1-41H. The zero-order chi connectivity index (χ0) is 43.6. The van der Waals surface area contributed by atoms with E-state index in [1.165, 1.54) is 44.1 Å². The van der Waals surface area contributed by atoms with E-state index in [-0.39, 0.29) is 0 Å². The Kier molecular flexibility index (Phi) is 8.78. The molecule has 0 aliphatic heterocycles. The largest absolute Gasteiger partial charge is 0.311 e. The Bertz CT molecular complexity index is 3740. The number of imidazole rings is 2. The monoisotopic (exact) mass is 843 g/mol. The predicted octanol–water partition coefficient (Wildman–Crippen LogP) is 16.0. The van der Waals surface area contributed by atoms with Crippen molar-refractivity contribution < 1.29 is 0 Å². The van der Waals surface area contributed by atoms with E-state index in [1.54, 1.807) is 0 Å². The molecule has 0 N–H and O–H groups in total. The van der Waals surface area contributed by atoms with Crippen LogP contribution in [0.1, 0.15) is 0 Å². The van der Waals surface area contributed by atoms with E-state index in [9.17, 15) is 0 Å². The predicted molar refractivity (Wildman–Crippen MR) is 275 cm³/mol. The Balaban J connectivity index is 0.850. The van der Waals surface area contributed by atoms with Gasteiger partial charge in [-0.1, -0.05) is 158 Å². The van der Waals surface area contributed by atoms with Gasteiger partial charge in [-0.05, 0) is 124 Å². The van der Waals surface area contributed by atoms with Crippen LogP contribution in [-0.4, -0.2) is 18.5 Å². The van der Waals surface area contributed by atoms with Crippen LogP contribution in [0.3, 0.4) is 0 Å². The van der Waals surface area contributed by atoms with Gasteiger partial charge in [0.1, 0.15) is 0 Å². The minimum absolute atomic E-state index is 0.886. The average Bonchev–Trinajstić information content (AvgIpc) is 4.04. The molecule has 310 valence electrons. The van der Waals surface area contributed by atoms with Crippen molar-refractivity contribution in [3.63, 3.8) is 0 Å². The molecule has 0 aliphatic rings. The van der Waals surface area contributed by atoms with E-state index in [0.29, 0.717) is 0 Å². The van der Waals surface area contributed by atoms with Crippen LogP contribution in [0, 0.1) is 0 Å². The fourth-order valence-corrected chi connectivity index (χ4v) is 9.91. The van der Waals surface area contributed by atoms with Gasteiger partial charge in [-0.3, -0.25) is 8.97 Å². The van der Waals surface area contributed by atoms with Crippen molar-refractivity contribution in [2.75, 3.05) is 4.90 Å². The lowest BCUT2D eigenvalue weighted by Crippen LogP contribution is -2.09. The molecule has 0 aliphatic carbocycles. The topological polar surface area (TPSA) is 30.4 Å². The molecular weight excluding hydrogens is 803 g/mol. The molecule has 0 saturated carbocycles. The summed E-state index contributed by atoms with van der Waals surface area (Å²) in [5, 5.41) is 2.49. The lowest BCUT2D eigenvalue weighted by Gasteiger charge is -2.26. The molecule has 66 heavy (non-hydrogen) atoms. The van der Waals surface area contributed by atoms with Crippen LogP contribution >= 0.6 is 0 Å². The highest BCUT2D eigenvalue weighted by molar-refractivity contribution is 6.09. The van der Waals surface area contributed by atoms with Crippen LogP contribution in [0.25, 0.3) is 94.4 Å². The number of para-hydroxylation sites is 4. The van der Waals surface area contributed by atoms with Crippen molar-refractivity contribution in [1.29, 1.82) is 0 Å². The van der Waals surface area contributed by atoms with Gasteiger partial charge in [-0.15, -0.1) is 0 Å². The first-order valence-electron chi connectivity index (χ1n) is 22.5. The molecule has 0 radical (unpaired) electrons. The molecule has 3 heterocycles. The van der Waals surface area contributed by atoms with Crippen molar-refractivity contribution in [3.8, 4) is 44.8 Å². The number of hydrogen-bond donors (Lipinski definition) is 0. The van der Waals surface area contributed by atoms with Gasteiger partial charge in [0.2, 0.25) is 5.78 Å². The number of aromatic nitrogens is 4. The van der Waals surface area contributed by atoms with Gasteiger partial charge in [0, 0.05) is 39.2 Å². The Morgan fingerprint density at radius 3 is 1.18 bits per heavy atom. The number of benzene rings is 10. The second kappa shape index (κ2) is 15.4. The third-order valence-corrected chi connectivity index (χ3v) is 13.1. The zero-order valence-corrected chi connectivity index (χ0v) is 35.9. The first-order chi connectivity index (χ1) is 32.7. The molecule has 0 saturated heterocycles. The van der Waals surface area contributed by atoms with Gasteiger partial charge in [-0.25, -0.2) is 4.98 Å². The van der Waals surface area contributed by atoms with E-state index < -0.39 is 0 Å². The molecule has 13 aromatic rings. The summed E-state index contributed by atoms with van der Waals surface area (Å²) in [6.45, 7) is 0. The van der Waals surface area contributed by atoms with Crippen LogP contribution in [-0.2, 0) is 0 Å². The first-order valence-corrected chi connectivity index (χ1v) is 22.5. The highest BCUT2D eigenvalue weighted by Gasteiger charge is 2.20. The van der Waals surface area contributed by atoms with Crippen LogP contribution < -0.4 is 4.90 Å². The zero-order valence-electron chi connectivity index (χ0n) is 35.9. The highest BCUT2D eigenvalue weighted by atomic mass is 15.2. The molecule has 0 amide bonds. The molecule has 0 bridgehead atoms. The maximum Gasteiger partial charge on any atom is 0.220 e. The quantitative estimate of drug-likeness (QED) is 0.153. The first kappa shape index (κ1) is 37.6. The Hall–Kier alpha value is -8.93. The van der Waals surface area contributed by atoms with E-state index in [2.05, 4.69) is 267 Å². The van der Waals surface area contributed by atoms with Gasteiger partial charge in [0.15, 0.2) is 0 Å². The molecule has 0 unspecified atom stereocenters. The molecule has 0 spiro atoms. The lowest BCUT2D eigenvalue weighted by molar-refractivity contribution is 1.11. The van der Waals surface area contributed by atoms with Gasteiger partial charge in [0.25, 0.3) is 0 Å². The van der Waals surface area contributed by atoms with Gasteiger partial charge in [-0.2, -0.15) is 0 Å². The van der Waals surface area contributed by atoms with E-state index in [4.69, 9.17) is 4.98 Å². The summed E-state index contributed by atoms with van der Waals surface area (Å²) < 4.78 is 6.94. The number of rotatable bonds is 8. The third-order valence-electron chi connectivity index (χ3n) is 13.1. The summed E-state index contributed by atoms with van der Waals surface area (Å²) in [4.78, 5) is 7.70. The Morgan fingerprint density at radius 1 is 0.288 bits per heavy atom. The van der Waals surface area contributed by atoms with Crippen LogP contribution in [0.4, 0.5) is 17.1 Å². The average molecular weight is 844 g/mol. The number of fused-ring (bicyclic) bond motifs is 8. The van der Waals surface area contributed by atoms with Crippen LogP contribution in [0.2, 0.25) is 0 Å². The molecule has 5 heteroatoms. The number of nitrogens with zero attached hydrogens (tertiary/aromatic N) is 5. The molecule has 13 rings (SSSR count). The number of hydrogen-bond acceptors (Lipinski definition) is 2. The minimum Gasteiger partial charge on any atom is -0.311 e. The summed E-state index contributed by atoms with van der Waals surface area (Å²) in [7, 11) is 0. The van der Waals surface area contributed by atoms with E-state index in [1.807, 2.05) is 0 Å². The summed E-state index contributed by atoms with van der Waals surface area (Å²) in [5.74, 6) is 0.886. The normalized spacial score (nSPS) is 11.6. The molecule has 5 nitrogen and oxygen atoms in total. The summed E-state index contributed by atoms with van der Waals surface area (Å²) >= 11 is 0. The second-order valence-corrected chi connectivity index (χ2v) is 16.9. The van der Waals surface area contributed by atoms with Crippen LogP contribution in [0.15, 0.2) is 249 Å². The van der Waals surface area contributed by atoms with Gasteiger partial charge < -0.3 is 9.47 Å². The van der Waals surface area contributed by atoms with Crippen molar-refractivity contribution in [2.24, 2.45) is 0 Å². The second-order valence-electron chi connectivity index (χ2n) is 16.9. The SMILES string of the molecule is c1ccc(-c2ccc(N(c3ccc(-c4ccccc4)cc3)c3ccc(-c4ccc(-n5c6ccccc6n6c7ccc(-n8c9ccccc9c9ccccc98)cc7nc56)cc4)cc3)cc2)cc1. The fourth-order valence-electron chi connectivity index (χ4n) is 9.91. The molecule has 3 aromatic heterocycles. The molecule has 0 fully saturated rings. The molecule has 0 atom stereocenters. The summed E-state index contributed by atoms with van der Waals surface area (Å²) in [5.41, 5.74) is 19.2. The summed E-state index contributed by atoms with van der Waals surface area (Å²) in [6.07, 6.45) is 0. The van der Waals surface area contributed by atoms with Gasteiger partial charge >= 0.3 is 0 Å². The third kappa shape index (κ3) is 6.21.